The molecule has 0 saturated carbocycles. The summed E-state index contributed by atoms with van der Waals surface area (Å²) in [5, 5.41) is 12.9. The van der Waals surface area contributed by atoms with Crippen LogP contribution in [0.3, 0.4) is 0 Å². The maximum atomic E-state index is 10.1. The third kappa shape index (κ3) is 3.67. The van der Waals surface area contributed by atoms with Crippen molar-refractivity contribution >= 4 is 11.6 Å². The molecule has 2 rings (SSSR count). The second-order valence-electron chi connectivity index (χ2n) is 4.69. The van der Waals surface area contributed by atoms with Crippen molar-refractivity contribution in [3.05, 3.63) is 34.9 Å². The van der Waals surface area contributed by atoms with E-state index in [0.29, 0.717) is 11.6 Å². The van der Waals surface area contributed by atoms with Crippen molar-refractivity contribution in [3.63, 3.8) is 0 Å². The first-order valence-corrected chi connectivity index (χ1v) is 6.64. The first kappa shape index (κ1) is 13.8. The smallest absolute Gasteiger partial charge is 0.0942 e. The van der Waals surface area contributed by atoms with Gasteiger partial charge in [-0.25, -0.2) is 5.01 Å². The van der Waals surface area contributed by atoms with Crippen molar-refractivity contribution < 1.29 is 5.11 Å². The van der Waals surface area contributed by atoms with Crippen molar-refractivity contribution in [2.75, 3.05) is 39.8 Å². The molecule has 0 bridgehead atoms. The van der Waals surface area contributed by atoms with Gasteiger partial charge in [-0.2, -0.15) is 0 Å². The second-order valence-corrected chi connectivity index (χ2v) is 5.10. The summed E-state index contributed by atoms with van der Waals surface area (Å²) in [6, 6.07) is 7.42. The highest BCUT2D eigenvalue weighted by Gasteiger charge is 2.16. The van der Waals surface area contributed by atoms with Gasteiger partial charge < -0.3 is 10.0 Å². The predicted octanol–water partition coefficient (Wildman–Crippen LogP) is 1.13. The molecule has 1 heterocycles. The Hall–Kier alpha value is -0.650. The summed E-state index contributed by atoms with van der Waals surface area (Å²) in [5.41, 5.74) is 4.04. The SMILES string of the molecule is CN1CCN(NCC(O)c2ccccc2Cl)CC1. The van der Waals surface area contributed by atoms with E-state index < -0.39 is 6.10 Å². The number of aliphatic hydroxyl groups is 1. The average Bonchev–Trinajstić information content (AvgIpc) is 2.38. The largest absolute Gasteiger partial charge is 0.387 e. The standard InChI is InChI=1S/C13H20ClN3O/c1-16-6-8-17(9-7-16)15-10-13(18)11-4-2-3-5-12(11)14/h2-5,13,15,18H,6-10H2,1H3. The highest BCUT2D eigenvalue weighted by atomic mass is 35.5. The van der Waals surface area contributed by atoms with Gasteiger partial charge in [0.1, 0.15) is 0 Å². The van der Waals surface area contributed by atoms with Crippen molar-refractivity contribution in [2.24, 2.45) is 0 Å². The molecule has 1 fully saturated rings. The van der Waals surface area contributed by atoms with Crippen molar-refractivity contribution in [1.82, 2.24) is 15.3 Å². The molecule has 18 heavy (non-hydrogen) atoms. The fourth-order valence-electron chi connectivity index (χ4n) is 2.04. The van der Waals surface area contributed by atoms with E-state index in [1.54, 1.807) is 6.07 Å². The van der Waals surface area contributed by atoms with Crippen LogP contribution in [0.25, 0.3) is 0 Å². The van der Waals surface area contributed by atoms with E-state index in [9.17, 15) is 5.11 Å². The molecule has 0 spiro atoms. The van der Waals surface area contributed by atoms with E-state index in [-0.39, 0.29) is 0 Å². The molecule has 1 atom stereocenters. The molecule has 4 nitrogen and oxygen atoms in total. The lowest BCUT2D eigenvalue weighted by atomic mass is 10.1. The minimum atomic E-state index is -0.571. The molecule has 1 aromatic carbocycles. The molecular weight excluding hydrogens is 250 g/mol. The molecular formula is C13H20ClN3O. The van der Waals surface area contributed by atoms with Crippen LogP contribution in [0, 0.1) is 0 Å². The zero-order valence-corrected chi connectivity index (χ0v) is 11.4. The van der Waals surface area contributed by atoms with Crippen LogP contribution in [0.5, 0.6) is 0 Å². The maximum Gasteiger partial charge on any atom is 0.0942 e. The monoisotopic (exact) mass is 269 g/mol. The zero-order valence-electron chi connectivity index (χ0n) is 10.6. The van der Waals surface area contributed by atoms with E-state index in [1.165, 1.54) is 0 Å². The van der Waals surface area contributed by atoms with Gasteiger partial charge in [-0.15, -0.1) is 0 Å². The number of rotatable bonds is 4. The normalized spacial score (nSPS) is 19.9. The molecule has 100 valence electrons. The lowest BCUT2D eigenvalue weighted by Crippen LogP contribution is -2.51. The van der Waals surface area contributed by atoms with Crippen LogP contribution in [0.15, 0.2) is 24.3 Å². The molecule has 1 unspecified atom stereocenters. The Kier molecular flexibility index (Phi) is 4.97. The minimum Gasteiger partial charge on any atom is -0.387 e. The van der Waals surface area contributed by atoms with Crippen LogP contribution in [-0.2, 0) is 0 Å². The third-order valence-corrected chi connectivity index (χ3v) is 3.62. The van der Waals surface area contributed by atoms with Gasteiger partial charge in [0, 0.05) is 43.3 Å². The average molecular weight is 270 g/mol. The van der Waals surface area contributed by atoms with Crippen LogP contribution in [-0.4, -0.2) is 54.8 Å². The number of likely N-dealkylation sites (N-methyl/N-ethyl adjacent to an activating group) is 1. The zero-order chi connectivity index (χ0) is 13.0. The second kappa shape index (κ2) is 6.50. The molecule has 2 N–H and O–H groups in total. The van der Waals surface area contributed by atoms with E-state index in [1.807, 2.05) is 18.2 Å². The molecule has 0 aliphatic carbocycles. The maximum absolute atomic E-state index is 10.1. The summed E-state index contributed by atoms with van der Waals surface area (Å²) >= 11 is 6.05. The number of hydrogen-bond donors (Lipinski definition) is 2. The predicted molar refractivity (Wildman–Crippen MR) is 73.5 cm³/mol. The molecule has 1 aliphatic rings. The quantitative estimate of drug-likeness (QED) is 0.860. The lowest BCUT2D eigenvalue weighted by molar-refractivity contribution is 0.0744. The van der Waals surface area contributed by atoms with Crippen LogP contribution < -0.4 is 5.43 Å². The lowest BCUT2D eigenvalue weighted by Gasteiger charge is -2.33. The van der Waals surface area contributed by atoms with Gasteiger partial charge in [0.15, 0.2) is 0 Å². The minimum absolute atomic E-state index is 0.493. The number of halogens is 1. The Labute approximate surface area is 113 Å². The number of benzene rings is 1. The summed E-state index contributed by atoms with van der Waals surface area (Å²) in [7, 11) is 2.12. The van der Waals surface area contributed by atoms with Gasteiger partial charge in [0.25, 0.3) is 0 Å². The van der Waals surface area contributed by atoms with Crippen LogP contribution in [0.1, 0.15) is 11.7 Å². The van der Waals surface area contributed by atoms with Crippen LogP contribution in [0.4, 0.5) is 0 Å². The third-order valence-electron chi connectivity index (χ3n) is 3.28. The number of hydrogen-bond acceptors (Lipinski definition) is 4. The van der Waals surface area contributed by atoms with Gasteiger partial charge in [0.2, 0.25) is 0 Å². The summed E-state index contributed by atoms with van der Waals surface area (Å²) in [6.07, 6.45) is -0.571. The highest BCUT2D eigenvalue weighted by molar-refractivity contribution is 6.31. The summed E-state index contributed by atoms with van der Waals surface area (Å²) in [6.45, 7) is 4.55. The van der Waals surface area contributed by atoms with E-state index in [0.717, 1.165) is 31.7 Å². The van der Waals surface area contributed by atoms with E-state index in [4.69, 9.17) is 11.6 Å². The number of aliphatic hydroxyl groups excluding tert-OH is 1. The Morgan fingerprint density at radius 3 is 2.61 bits per heavy atom. The van der Waals surface area contributed by atoms with Crippen LogP contribution >= 0.6 is 11.6 Å². The Morgan fingerprint density at radius 1 is 1.28 bits per heavy atom. The van der Waals surface area contributed by atoms with Crippen molar-refractivity contribution in [3.8, 4) is 0 Å². The molecule has 1 aliphatic heterocycles. The first-order chi connectivity index (χ1) is 8.66. The number of nitrogens with one attached hydrogen (secondary N) is 1. The molecule has 0 radical (unpaired) electrons. The number of hydrazine groups is 1. The van der Waals surface area contributed by atoms with Crippen molar-refractivity contribution in [2.45, 2.75) is 6.10 Å². The van der Waals surface area contributed by atoms with E-state index in [2.05, 4.69) is 22.4 Å². The molecule has 5 heteroatoms. The highest BCUT2D eigenvalue weighted by Crippen LogP contribution is 2.21. The summed E-state index contributed by atoms with van der Waals surface area (Å²) < 4.78 is 0. The molecule has 0 aromatic heterocycles. The topological polar surface area (TPSA) is 38.7 Å². The molecule has 0 amide bonds. The van der Waals surface area contributed by atoms with Crippen molar-refractivity contribution in [1.29, 1.82) is 0 Å². The summed E-state index contributed by atoms with van der Waals surface area (Å²) in [5.74, 6) is 0. The first-order valence-electron chi connectivity index (χ1n) is 6.26. The fourth-order valence-corrected chi connectivity index (χ4v) is 2.30. The number of piperazine rings is 1. The van der Waals surface area contributed by atoms with Gasteiger partial charge in [-0.05, 0) is 13.1 Å². The summed E-state index contributed by atoms with van der Waals surface area (Å²) in [4.78, 5) is 2.29. The molecule has 1 saturated heterocycles. The van der Waals surface area contributed by atoms with Gasteiger partial charge in [-0.1, -0.05) is 29.8 Å². The molecule has 1 aromatic rings. The van der Waals surface area contributed by atoms with Gasteiger partial charge in [0.05, 0.1) is 6.10 Å². The van der Waals surface area contributed by atoms with E-state index >= 15 is 0 Å². The Balaban J connectivity index is 1.81. The van der Waals surface area contributed by atoms with Gasteiger partial charge >= 0.3 is 0 Å². The number of nitrogens with zero attached hydrogens (tertiary/aromatic N) is 2. The Bertz CT molecular complexity index is 380. The van der Waals surface area contributed by atoms with Crippen LogP contribution in [0.2, 0.25) is 5.02 Å². The fraction of sp³-hybridized carbons (Fsp3) is 0.538. The Morgan fingerprint density at radius 2 is 1.94 bits per heavy atom. The van der Waals surface area contributed by atoms with Gasteiger partial charge in [-0.3, -0.25) is 5.43 Å².